The van der Waals surface area contributed by atoms with Gasteiger partial charge in [-0.25, -0.2) is 16.8 Å². The average molecular weight is 473 g/mol. The van der Waals surface area contributed by atoms with Crippen molar-refractivity contribution in [1.29, 1.82) is 0 Å². The van der Waals surface area contributed by atoms with Gasteiger partial charge in [-0.2, -0.15) is 4.31 Å². The third-order valence-electron chi connectivity index (χ3n) is 5.10. The molecule has 1 aromatic carbocycles. The summed E-state index contributed by atoms with van der Waals surface area (Å²) in [6.45, 7) is 3.27. The third kappa shape index (κ3) is 5.82. The average Bonchev–Trinajstić information content (AvgIpc) is 3.01. The lowest BCUT2D eigenvalue weighted by Crippen LogP contribution is -2.44. The number of amidine groups is 1. The van der Waals surface area contributed by atoms with Crippen LogP contribution < -0.4 is 10.0 Å². The molecule has 2 aliphatic rings. The van der Waals surface area contributed by atoms with Gasteiger partial charge in [0.1, 0.15) is 11.9 Å². The zero-order valence-electron chi connectivity index (χ0n) is 17.4. The Bertz CT molecular complexity index is 1030. The fraction of sp³-hybridized carbons (Fsp3) is 0.579. The van der Waals surface area contributed by atoms with Gasteiger partial charge < -0.3 is 10.1 Å². The number of amides is 1. The number of benzene rings is 1. The van der Waals surface area contributed by atoms with Crippen molar-refractivity contribution in [3.05, 3.63) is 29.8 Å². The van der Waals surface area contributed by atoms with Crippen LogP contribution >= 0.6 is 0 Å². The number of hydrogen-bond acceptors (Lipinski definition) is 7. The first-order valence-corrected chi connectivity index (χ1v) is 13.4. The maximum Gasteiger partial charge on any atom is 0.263 e. The Morgan fingerprint density at radius 3 is 2.71 bits per heavy atom. The topological polar surface area (TPSA) is 134 Å². The van der Waals surface area contributed by atoms with E-state index in [1.54, 1.807) is 18.2 Å². The Hall–Kier alpha value is -2.02. The van der Waals surface area contributed by atoms with Crippen molar-refractivity contribution in [2.24, 2.45) is 4.99 Å². The quantitative estimate of drug-likeness (QED) is 0.522. The number of aliphatic imine (C=N–C) groups is 1. The first-order chi connectivity index (χ1) is 14.7. The number of morpholine rings is 1. The molecule has 1 atom stereocenters. The molecule has 0 spiro atoms. The van der Waals surface area contributed by atoms with Crippen LogP contribution in [0.3, 0.4) is 0 Å². The molecular weight excluding hydrogens is 444 g/mol. The molecule has 0 bridgehead atoms. The summed E-state index contributed by atoms with van der Waals surface area (Å²) in [6.07, 6.45) is 1.98. The standard InChI is InChI=1S/C19H28N4O6S2/c1-2-3-7-16(21-18-15-6-4-5-8-17(15)31(27,28)22-18)19(24)20-9-14-30(25,26)23-10-12-29-13-11-23/h4-6,8,16H,2-3,7,9-14H2,1H3,(H,20,24)(H,21,22). The molecule has 0 aromatic heterocycles. The van der Waals surface area contributed by atoms with Crippen molar-refractivity contribution in [2.45, 2.75) is 37.1 Å². The maximum atomic E-state index is 12.7. The SMILES string of the molecule is CCCCC(N=C1NS(=O)(=O)c2ccccc21)C(=O)NCCS(=O)(=O)N1CCOCC1. The molecular formula is C19H28N4O6S2. The lowest BCUT2D eigenvalue weighted by atomic mass is 10.1. The Morgan fingerprint density at radius 2 is 2.00 bits per heavy atom. The normalized spacial score (nSPS) is 20.7. The van der Waals surface area contributed by atoms with E-state index in [0.717, 1.165) is 12.8 Å². The molecule has 1 fully saturated rings. The monoisotopic (exact) mass is 472 g/mol. The van der Waals surface area contributed by atoms with Crippen molar-refractivity contribution in [3.63, 3.8) is 0 Å². The molecule has 0 aliphatic carbocycles. The first kappa shape index (κ1) is 23.6. The van der Waals surface area contributed by atoms with E-state index in [1.165, 1.54) is 10.4 Å². The number of sulfonamides is 2. The number of carbonyl (C=O) groups excluding carboxylic acids is 1. The van der Waals surface area contributed by atoms with Gasteiger partial charge in [0.05, 0.1) is 23.9 Å². The van der Waals surface area contributed by atoms with Gasteiger partial charge in [-0.3, -0.25) is 14.5 Å². The van der Waals surface area contributed by atoms with Crippen molar-refractivity contribution >= 4 is 31.8 Å². The number of unbranched alkanes of at least 4 members (excludes halogenated alkanes) is 1. The molecule has 1 unspecified atom stereocenters. The van der Waals surface area contributed by atoms with Crippen LogP contribution in [0.25, 0.3) is 0 Å². The summed E-state index contributed by atoms with van der Waals surface area (Å²) >= 11 is 0. The van der Waals surface area contributed by atoms with Crippen LogP contribution in [0.15, 0.2) is 34.2 Å². The molecule has 1 amide bonds. The number of nitrogens with zero attached hydrogens (tertiary/aromatic N) is 2. The van der Waals surface area contributed by atoms with Crippen molar-refractivity contribution < 1.29 is 26.4 Å². The molecule has 1 aromatic rings. The molecule has 0 saturated carbocycles. The van der Waals surface area contributed by atoms with E-state index < -0.39 is 32.0 Å². The lowest BCUT2D eigenvalue weighted by molar-refractivity contribution is -0.122. The zero-order valence-corrected chi connectivity index (χ0v) is 19.0. The Kier molecular flexibility index (Phi) is 7.68. The zero-order chi connectivity index (χ0) is 22.5. The highest BCUT2D eigenvalue weighted by atomic mass is 32.2. The van der Waals surface area contributed by atoms with Gasteiger partial charge in [-0.15, -0.1) is 0 Å². The van der Waals surface area contributed by atoms with E-state index in [4.69, 9.17) is 4.74 Å². The van der Waals surface area contributed by atoms with Crippen molar-refractivity contribution in [2.75, 3.05) is 38.6 Å². The molecule has 2 aliphatic heterocycles. The number of fused-ring (bicyclic) bond motifs is 1. The van der Waals surface area contributed by atoms with Gasteiger partial charge in [0.2, 0.25) is 15.9 Å². The highest BCUT2D eigenvalue weighted by molar-refractivity contribution is 7.90. The van der Waals surface area contributed by atoms with Gasteiger partial charge in [0.25, 0.3) is 10.0 Å². The highest BCUT2D eigenvalue weighted by Gasteiger charge is 2.32. The molecule has 12 heteroatoms. The summed E-state index contributed by atoms with van der Waals surface area (Å²) in [5.74, 6) is -0.514. The summed E-state index contributed by atoms with van der Waals surface area (Å²) in [7, 11) is -7.19. The number of carbonyl (C=O) groups is 1. The number of nitrogens with one attached hydrogen (secondary N) is 2. The third-order valence-corrected chi connectivity index (χ3v) is 8.37. The predicted octanol–water partition coefficient (Wildman–Crippen LogP) is 0.0621. The maximum absolute atomic E-state index is 12.7. The van der Waals surface area contributed by atoms with Crippen molar-refractivity contribution in [1.82, 2.24) is 14.3 Å². The van der Waals surface area contributed by atoms with E-state index in [0.29, 0.717) is 38.3 Å². The minimum Gasteiger partial charge on any atom is -0.379 e. The molecule has 3 rings (SSSR count). The predicted molar refractivity (Wildman–Crippen MR) is 116 cm³/mol. The van der Waals surface area contributed by atoms with Crippen LogP contribution in [0.5, 0.6) is 0 Å². The van der Waals surface area contributed by atoms with Gasteiger partial charge in [0.15, 0.2) is 0 Å². The number of hydrogen-bond donors (Lipinski definition) is 2. The van der Waals surface area contributed by atoms with Gasteiger partial charge in [-0.05, 0) is 18.6 Å². The molecule has 2 N–H and O–H groups in total. The summed E-state index contributed by atoms with van der Waals surface area (Å²) in [5, 5.41) is 2.65. The van der Waals surface area contributed by atoms with Crippen LogP contribution in [0.2, 0.25) is 0 Å². The van der Waals surface area contributed by atoms with Crippen LogP contribution in [-0.2, 0) is 29.6 Å². The first-order valence-electron chi connectivity index (χ1n) is 10.3. The Balaban J connectivity index is 1.68. The highest BCUT2D eigenvalue weighted by Crippen LogP contribution is 2.23. The van der Waals surface area contributed by atoms with Crippen molar-refractivity contribution in [3.8, 4) is 0 Å². The van der Waals surface area contributed by atoms with Gasteiger partial charge >= 0.3 is 0 Å². The fourth-order valence-electron chi connectivity index (χ4n) is 3.41. The second kappa shape index (κ2) is 10.1. The van der Waals surface area contributed by atoms with Crippen LogP contribution in [-0.4, -0.2) is 77.5 Å². The second-order valence-electron chi connectivity index (χ2n) is 7.36. The second-order valence-corrected chi connectivity index (χ2v) is 11.1. The van der Waals surface area contributed by atoms with E-state index in [1.807, 2.05) is 6.92 Å². The summed E-state index contributed by atoms with van der Waals surface area (Å²) in [6, 6.07) is 5.62. The lowest BCUT2D eigenvalue weighted by Gasteiger charge is -2.26. The van der Waals surface area contributed by atoms with Gasteiger partial charge in [0, 0.05) is 25.2 Å². The molecule has 10 nitrogen and oxygen atoms in total. The summed E-state index contributed by atoms with van der Waals surface area (Å²) in [4.78, 5) is 17.3. The largest absolute Gasteiger partial charge is 0.379 e. The van der Waals surface area contributed by atoms with Crippen LogP contribution in [0.1, 0.15) is 31.7 Å². The molecule has 172 valence electrons. The molecule has 2 heterocycles. The summed E-state index contributed by atoms with van der Waals surface area (Å²) in [5.41, 5.74) is 0.423. The minimum atomic E-state index is -3.70. The van der Waals surface area contributed by atoms with E-state index >= 15 is 0 Å². The molecule has 1 saturated heterocycles. The molecule has 31 heavy (non-hydrogen) atoms. The van der Waals surface area contributed by atoms with E-state index in [-0.39, 0.29) is 23.0 Å². The fourth-order valence-corrected chi connectivity index (χ4v) is 5.97. The van der Waals surface area contributed by atoms with E-state index in [2.05, 4.69) is 15.0 Å². The number of ether oxygens (including phenoxy) is 1. The minimum absolute atomic E-state index is 0.0473. The number of rotatable bonds is 9. The molecule has 0 radical (unpaired) electrons. The van der Waals surface area contributed by atoms with E-state index in [9.17, 15) is 21.6 Å². The van der Waals surface area contributed by atoms with Crippen LogP contribution in [0.4, 0.5) is 0 Å². The van der Waals surface area contributed by atoms with Crippen LogP contribution in [0, 0.1) is 0 Å². The van der Waals surface area contributed by atoms with Gasteiger partial charge in [-0.1, -0.05) is 31.9 Å². The Morgan fingerprint density at radius 1 is 1.29 bits per heavy atom. The smallest absolute Gasteiger partial charge is 0.263 e. The summed E-state index contributed by atoms with van der Waals surface area (Å²) < 4.78 is 58.3. The Labute approximate surface area is 183 Å².